The average Bonchev–Trinajstić information content (AvgIpc) is 2.45. The summed E-state index contributed by atoms with van der Waals surface area (Å²) >= 11 is 0. The molecule has 0 saturated carbocycles. The van der Waals surface area contributed by atoms with Gasteiger partial charge in [-0.25, -0.2) is 0 Å². The van der Waals surface area contributed by atoms with Crippen molar-refractivity contribution in [3.8, 4) is 5.75 Å². The summed E-state index contributed by atoms with van der Waals surface area (Å²) in [4.78, 5) is 12.2. The highest BCUT2D eigenvalue weighted by molar-refractivity contribution is 6.10. The average molecular weight is 334 g/mol. The quantitative estimate of drug-likeness (QED) is 0.593. The lowest BCUT2D eigenvalue weighted by Crippen LogP contribution is -2.20. The van der Waals surface area contributed by atoms with Gasteiger partial charge >= 0.3 is 12.5 Å². The zero-order valence-corrected chi connectivity index (χ0v) is 11.2. The van der Waals surface area contributed by atoms with E-state index >= 15 is 0 Å². The molecule has 0 aliphatic carbocycles. The molecule has 0 amide bonds. The molecule has 0 unspecified atom stereocenters. The molecule has 0 heterocycles. The lowest BCUT2D eigenvalue weighted by molar-refractivity contribution is -0.274. The van der Waals surface area contributed by atoms with Gasteiger partial charge in [-0.3, -0.25) is 4.79 Å². The van der Waals surface area contributed by atoms with Crippen LogP contribution < -0.4 is 4.74 Å². The number of ketones is 1. The fourth-order valence-electron chi connectivity index (χ4n) is 1.84. The smallest absolute Gasteiger partial charge is 0.405 e. The molecule has 2 rings (SSSR count). The molecule has 0 radical (unpaired) electrons. The van der Waals surface area contributed by atoms with Crippen molar-refractivity contribution in [3.05, 3.63) is 65.2 Å². The van der Waals surface area contributed by atoms with Gasteiger partial charge in [0.2, 0.25) is 0 Å². The van der Waals surface area contributed by atoms with Crippen LogP contribution in [0.5, 0.6) is 5.75 Å². The molecule has 0 N–H and O–H groups in total. The zero-order chi connectivity index (χ0) is 17.3. The molecule has 2 aromatic carbocycles. The molecule has 0 bridgehead atoms. The minimum Gasteiger partial charge on any atom is -0.405 e. The van der Waals surface area contributed by atoms with Crippen LogP contribution in [0.1, 0.15) is 21.5 Å². The molecule has 0 aromatic heterocycles. The van der Waals surface area contributed by atoms with E-state index in [0.717, 1.165) is 0 Å². The van der Waals surface area contributed by atoms with E-state index in [9.17, 15) is 31.1 Å². The summed E-state index contributed by atoms with van der Waals surface area (Å²) in [7, 11) is 0. The maximum atomic E-state index is 12.6. The third kappa shape index (κ3) is 4.24. The van der Waals surface area contributed by atoms with Crippen LogP contribution in [0.15, 0.2) is 48.5 Å². The van der Waals surface area contributed by atoms with E-state index in [1.165, 1.54) is 24.3 Å². The molecular weight excluding hydrogens is 326 g/mol. The lowest BCUT2D eigenvalue weighted by atomic mass is 10.0. The molecule has 0 atom stereocenters. The molecule has 8 heteroatoms. The van der Waals surface area contributed by atoms with Crippen molar-refractivity contribution in [1.29, 1.82) is 0 Å². The predicted octanol–water partition coefficient (Wildman–Crippen LogP) is 4.84. The van der Waals surface area contributed by atoms with Crippen molar-refractivity contribution in [2.75, 3.05) is 0 Å². The van der Waals surface area contributed by atoms with Crippen molar-refractivity contribution >= 4 is 5.78 Å². The maximum Gasteiger partial charge on any atom is 0.573 e. The number of hydrogen-bond acceptors (Lipinski definition) is 2. The van der Waals surface area contributed by atoms with E-state index in [1.807, 2.05) is 0 Å². The Morgan fingerprint density at radius 1 is 0.870 bits per heavy atom. The van der Waals surface area contributed by atoms with Gasteiger partial charge in [-0.05, 0) is 18.2 Å². The summed E-state index contributed by atoms with van der Waals surface area (Å²) in [5.74, 6) is -2.07. The van der Waals surface area contributed by atoms with Gasteiger partial charge in [-0.1, -0.05) is 30.3 Å². The number of carbonyl (C=O) groups is 1. The fourth-order valence-corrected chi connectivity index (χ4v) is 1.84. The largest absolute Gasteiger partial charge is 0.573 e. The second-order valence-electron chi connectivity index (χ2n) is 4.45. The van der Waals surface area contributed by atoms with Crippen molar-refractivity contribution in [3.63, 3.8) is 0 Å². The maximum absolute atomic E-state index is 12.6. The highest BCUT2D eigenvalue weighted by Crippen LogP contribution is 2.35. The first-order valence-electron chi connectivity index (χ1n) is 6.14. The summed E-state index contributed by atoms with van der Waals surface area (Å²) in [6.45, 7) is 0. The van der Waals surface area contributed by atoms with Crippen LogP contribution in [0.25, 0.3) is 0 Å². The summed E-state index contributed by atoms with van der Waals surface area (Å²) in [5, 5.41) is 0. The molecule has 0 aliphatic rings. The Morgan fingerprint density at radius 3 is 2.00 bits per heavy atom. The van der Waals surface area contributed by atoms with Crippen LogP contribution in [0.4, 0.5) is 26.3 Å². The van der Waals surface area contributed by atoms with E-state index in [1.54, 1.807) is 6.07 Å². The number of carbonyl (C=O) groups excluding carboxylic acids is 1. The number of hydrogen-bond donors (Lipinski definition) is 0. The molecule has 2 nitrogen and oxygen atoms in total. The second kappa shape index (κ2) is 5.94. The Morgan fingerprint density at radius 2 is 1.48 bits per heavy atom. The van der Waals surface area contributed by atoms with E-state index in [2.05, 4.69) is 4.74 Å². The Labute approximate surface area is 126 Å². The zero-order valence-electron chi connectivity index (χ0n) is 11.2. The number of alkyl halides is 6. The van der Waals surface area contributed by atoms with Crippen molar-refractivity contribution in [1.82, 2.24) is 0 Å². The Bertz CT molecular complexity index is 704. The highest BCUT2D eigenvalue weighted by Gasteiger charge is 2.36. The third-order valence-corrected chi connectivity index (χ3v) is 2.82. The van der Waals surface area contributed by atoms with Crippen molar-refractivity contribution in [2.24, 2.45) is 0 Å². The Hall–Kier alpha value is -2.51. The van der Waals surface area contributed by atoms with E-state index < -0.39 is 35.2 Å². The van der Waals surface area contributed by atoms with Crippen molar-refractivity contribution in [2.45, 2.75) is 12.5 Å². The van der Waals surface area contributed by atoms with Crippen LogP contribution in [0.2, 0.25) is 0 Å². The third-order valence-electron chi connectivity index (χ3n) is 2.82. The second-order valence-corrected chi connectivity index (χ2v) is 4.45. The monoisotopic (exact) mass is 334 g/mol. The number of halogens is 6. The van der Waals surface area contributed by atoms with Gasteiger partial charge in [-0.2, -0.15) is 13.2 Å². The van der Waals surface area contributed by atoms with Gasteiger partial charge in [0.05, 0.1) is 11.1 Å². The molecule has 2 aromatic rings. The van der Waals surface area contributed by atoms with Gasteiger partial charge in [0.15, 0.2) is 5.78 Å². The van der Waals surface area contributed by atoms with Gasteiger partial charge in [0, 0.05) is 5.56 Å². The van der Waals surface area contributed by atoms with E-state index in [-0.39, 0.29) is 11.6 Å². The standard InChI is InChI=1S/C15H8F6O2/c16-14(17,18)10-6-7-11(12(8-10)23-15(19,20)21)13(22)9-4-2-1-3-5-9/h1-8H. The number of rotatable bonds is 3. The predicted molar refractivity (Wildman–Crippen MR) is 68.0 cm³/mol. The molecule has 122 valence electrons. The summed E-state index contributed by atoms with van der Waals surface area (Å²) in [6.07, 6.45) is -10.1. The molecule has 0 spiro atoms. The Balaban J connectivity index is 2.52. The van der Waals surface area contributed by atoms with Crippen LogP contribution in [-0.4, -0.2) is 12.1 Å². The van der Waals surface area contributed by atoms with Crippen LogP contribution in [-0.2, 0) is 6.18 Å². The summed E-state index contributed by atoms with van der Waals surface area (Å²) in [6, 6.07) is 8.54. The number of benzene rings is 2. The molecule has 0 aliphatic heterocycles. The van der Waals surface area contributed by atoms with E-state index in [4.69, 9.17) is 0 Å². The van der Waals surface area contributed by atoms with Crippen LogP contribution >= 0.6 is 0 Å². The van der Waals surface area contributed by atoms with E-state index in [0.29, 0.717) is 12.1 Å². The van der Waals surface area contributed by atoms with Gasteiger partial charge in [0.1, 0.15) is 5.75 Å². The normalized spacial score (nSPS) is 12.1. The fraction of sp³-hybridized carbons (Fsp3) is 0.133. The number of ether oxygens (including phenoxy) is 1. The molecular formula is C15H8F6O2. The molecule has 23 heavy (non-hydrogen) atoms. The first-order valence-corrected chi connectivity index (χ1v) is 6.14. The van der Waals surface area contributed by atoms with Gasteiger partial charge in [-0.15, -0.1) is 13.2 Å². The first-order chi connectivity index (χ1) is 10.6. The van der Waals surface area contributed by atoms with Crippen molar-refractivity contribution < 1.29 is 35.9 Å². The van der Waals surface area contributed by atoms with Crippen LogP contribution in [0.3, 0.4) is 0 Å². The van der Waals surface area contributed by atoms with Crippen LogP contribution in [0, 0.1) is 0 Å². The van der Waals surface area contributed by atoms with Gasteiger partial charge < -0.3 is 4.74 Å². The van der Waals surface area contributed by atoms with Gasteiger partial charge in [0.25, 0.3) is 0 Å². The minimum absolute atomic E-state index is 0.0271. The summed E-state index contributed by atoms with van der Waals surface area (Å²) < 4.78 is 78.7. The topological polar surface area (TPSA) is 26.3 Å². The molecule has 0 fully saturated rings. The first kappa shape index (κ1) is 16.9. The minimum atomic E-state index is -5.23. The summed E-state index contributed by atoms with van der Waals surface area (Å²) in [5.41, 5.74) is -1.93. The SMILES string of the molecule is O=C(c1ccccc1)c1ccc(C(F)(F)F)cc1OC(F)(F)F. The molecule has 0 saturated heterocycles. The highest BCUT2D eigenvalue weighted by atomic mass is 19.4. The Kier molecular flexibility index (Phi) is 4.35. The lowest BCUT2D eigenvalue weighted by Gasteiger charge is -2.15.